The summed E-state index contributed by atoms with van der Waals surface area (Å²) in [5.41, 5.74) is -0.282. The van der Waals surface area contributed by atoms with E-state index in [9.17, 15) is 4.79 Å². The Morgan fingerprint density at radius 3 is 3.08 bits per heavy atom. The van der Waals surface area contributed by atoms with Crippen molar-refractivity contribution < 1.29 is 9.84 Å². The molecule has 1 heterocycles. The third-order valence-electron chi connectivity index (χ3n) is 1.79. The van der Waals surface area contributed by atoms with Gasteiger partial charge in [-0.15, -0.1) is 0 Å². The highest BCUT2D eigenvalue weighted by atomic mass is 16.5. The Morgan fingerprint density at radius 2 is 2.62 bits per heavy atom. The molecular weight excluding hydrogens is 174 g/mol. The van der Waals surface area contributed by atoms with Crippen molar-refractivity contribution in [3.8, 4) is 0 Å². The Kier molecular flexibility index (Phi) is 3.66. The van der Waals surface area contributed by atoms with Crippen molar-refractivity contribution in [3.05, 3.63) is 16.8 Å². The second-order valence-electron chi connectivity index (χ2n) is 2.69. The standard InChI is InChI=1S/C7H13N3O3/c1-13-4-6(2-3-11)10-5-8-9-7(10)12/h5-6,11H,2-4H2,1H3,(H,9,12). The number of aliphatic hydroxyl groups is 1. The predicted molar refractivity (Wildman–Crippen MR) is 45.5 cm³/mol. The minimum absolute atomic E-state index is 0.0195. The van der Waals surface area contributed by atoms with Crippen LogP contribution >= 0.6 is 0 Å². The van der Waals surface area contributed by atoms with Gasteiger partial charge in [0, 0.05) is 13.7 Å². The van der Waals surface area contributed by atoms with Crippen molar-refractivity contribution in [3.63, 3.8) is 0 Å². The molecule has 6 nitrogen and oxygen atoms in total. The Morgan fingerprint density at radius 1 is 1.85 bits per heavy atom. The van der Waals surface area contributed by atoms with E-state index in [4.69, 9.17) is 9.84 Å². The topological polar surface area (TPSA) is 80.1 Å². The molecule has 1 aromatic rings. The van der Waals surface area contributed by atoms with Gasteiger partial charge in [-0.3, -0.25) is 4.57 Å². The number of aromatic amines is 1. The van der Waals surface area contributed by atoms with Gasteiger partial charge in [0.2, 0.25) is 0 Å². The molecule has 0 aliphatic rings. The lowest BCUT2D eigenvalue weighted by Gasteiger charge is -2.14. The first kappa shape index (κ1) is 9.94. The number of hydrogen-bond acceptors (Lipinski definition) is 4. The van der Waals surface area contributed by atoms with Crippen LogP contribution in [0.1, 0.15) is 12.5 Å². The minimum atomic E-state index is -0.282. The fraction of sp³-hybridized carbons (Fsp3) is 0.714. The number of H-pyrrole nitrogens is 1. The van der Waals surface area contributed by atoms with Crippen molar-refractivity contribution >= 4 is 0 Å². The highest BCUT2D eigenvalue weighted by Crippen LogP contribution is 2.07. The van der Waals surface area contributed by atoms with Crippen LogP contribution in [0.4, 0.5) is 0 Å². The summed E-state index contributed by atoms with van der Waals surface area (Å²) < 4.78 is 6.34. The van der Waals surface area contributed by atoms with E-state index in [1.807, 2.05) is 0 Å². The molecule has 1 rings (SSSR count). The van der Waals surface area contributed by atoms with Gasteiger partial charge in [-0.1, -0.05) is 0 Å². The third kappa shape index (κ3) is 2.40. The maximum Gasteiger partial charge on any atom is 0.343 e. The van der Waals surface area contributed by atoms with Crippen LogP contribution in [0.2, 0.25) is 0 Å². The zero-order valence-corrected chi connectivity index (χ0v) is 7.43. The molecule has 6 heteroatoms. The second-order valence-corrected chi connectivity index (χ2v) is 2.69. The number of hydrogen-bond donors (Lipinski definition) is 2. The number of methoxy groups -OCH3 is 1. The maximum atomic E-state index is 11.1. The van der Waals surface area contributed by atoms with Crippen molar-refractivity contribution in [2.75, 3.05) is 20.3 Å². The van der Waals surface area contributed by atoms with Gasteiger partial charge < -0.3 is 9.84 Å². The van der Waals surface area contributed by atoms with Crippen LogP contribution in [0.25, 0.3) is 0 Å². The van der Waals surface area contributed by atoms with Crippen molar-refractivity contribution in [1.29, 1.82) is 0 Å². The van der Waals surface area contributed by atoms with Crippen LogP contribution in [-0.2, 0) is 4.74 Å². The number of aromatic nitrogens is 3. The average molecular weight is 187 g/mol. The summed E-state index contributed by atoms with van der Waals surface area (Å²) in [7, 11) is 1.55. The molecule has 74 valence electrons. The van der Waals surface area contributed by atoms with Gasteiger partial charge in [-0.05, 0) is 6.42 Å². The molecule has 1 unspecified atom stereocenters. The highest BCUT2D eigenvalue weighted by Gasteiger charge is 2.12. The van der Waals surface area contributed by atoms with Gasteiger partial charge in [0.15, 0.2) is 0 Å². The molecule has 0 aromatic carbocycles. The zero-order chi connectivity index (χ0) is 9.68. The third-order valence-corrected chi connectivity index (χ3v) is 1.79. The van der Waals surface area contributed by atoms with Crippen molar-refractivity contribution in [2.45, 2.75) is 12.5 Å². The normalized spacial score (nSPS) is 13.1. The van der Waals surface area contributed by atoms with Gasteiger partial charge in [0.25, 0.3) is 0 Å². The minimum Gasteiger partial charge on any atom is -0.396 e. The second kappa shape index (κ2) is 4.78. The molecule has 0 radical (unpaired) electrons. The van der Waals surface area contributed by atoms with Gasteiger partial charge in [0.1, 0.15) is 6.33 Å². The number of nitrogens with zero attached hydrogens (tertiary/aromatic N) is 2. The Balaban J connectivity index is 2.75. The van der Waals surface area contributed by atoms with E-state index in [1.165, 1.54) is 10.9 Å². The van der Waals surface area contributed by atoms with E-state index in [-0.39, 0.29) is 18.3 Å². The summed E-state index contributed by atoms with van der Waals surface area (Å²) in [6.45, 7) is 0.408. The fourth-order valence-electron chi connectivity index (χ4n) is 1.16. The molecule has 0 saturated carbocycles. The quantitative estimate of drug-likeness (QED) is 0.628. The van der Waals surface area contributed by atoms with Gasteiger partial charge >= 0.3 is 5.69 Å². The molecule has 0 bridgehead atoms. The number of nitrogens with one attached hydrogen (secondary N) is 1. The summed E-state index contributed by atoms with van der Waals surface area (Å²) >= 11 is 0. The summed E-state index contributed by atoms with van der Waals surface area (Å²) in [6, 6.07) is -0.152. The van der Waals surface area contributed by atoms with Crippen LogP contribution in [0.3, 0.4) is 0 Å². The lowest BCUT2D eigenvalue weighted by Crippen LogP contribution is -2.25. The lowest BCUT2D eigenvalue weighted by atomic mass is 10.2. The molecule has 13 heavy (non-hydrogen) atoms. The molecule has 0 spiro atoms. The van der Waals surface area contributed by atoms with Crippen LogP contribution in [0, 0.1) is 0 Å². The van der Waals surface area contributed by atoms with Crippen molar-refractivity contribution in [1.82, 2.24) is 14.8 Å². The first-order valence-electron chi connectivity index (χ1n) is 4.01. The van der Waals surface area contributed by atoms with E-state index < -0.39 is 0 Å². The Bertz CT molecular complexity index is 287. The maximum absolute atomic E-state index is 11.1. The monoisotopic (exact) mass is 187 g/mol. The van der Waals surface area contributed by atoms with E-state index in [1.54, 1.807) is 7.11 Å². The Hall–Kier alpha value is -1.14. The Labute approximate surface area is 75.2 Å². The van der Waals surface area contributed by atoms with Gasteiger partial charge in [-0.25, -0.2) is 9.89 Å². The van der Waals surface area contributed by atoms with Gasteiger partial charge in [0.05, 0.1) is 12.6 Å². The number of ether oxygens (including phenoxy) is 1. The predicted octanol–water partition coefficient (Wildman–Crippen LogP) is -0.859. The number of rotatable bonds is 5. The molecule has 0 aliphatic heterocycles. The smallest absolute Gasteiger partial charge is 0.343 e. The molecule has 1 aromatic heterocycles. The summed E-state index contributed by atoms with van der Waals surface area (Å²) in [5, 5.41) is 14.6. The first-order valence-corrected chi connectivity index (χ1v) is 4.01. The van der Waals surface area contributed by atoms with Crippen LogP contribution in [0.5, 0.6) is 0 Å². The van der Waals surface area contributed by atoms with Crippen molar-refractivity contribution in [2.24, 2.45) is 0 Å². The van der Waals surface area contributed by atoms with E-state index in [0.717, 1.165) is 0 Å². The van der Waals surface area contributed by atoms with Gasteiger partial charge in [-0.2, -0.15) is 5.10 Å². The zero-order valence-electron chi connectivity index (χ0n) is 7.43. The average Bonchev–Trinajstić information content (AvgIpc) is 2.51. The van der Waals surface area contributed by atoms with E-state index >= 15 is 0 Å². The van der Waals surface area contributed by atoms with Crippen LogP contribution < -0.4 is 5.69 Å². The summed E-state index contributed by atoms with van der Waals surface area (Å²) in [5.74, 6) is 0. The molecule has 1 atom stereocenters. The van der Waals surface area contributed by atoms with Crippen LogP contribution in [-0.4, -0.2) is 40.2 Å². The summed E-state index contributed by atoms with van der Waals surface area (Å²) in [6.07, 6.45) is 1.88. The highest BCUT2D eigenvalue weighted by molar-refractivity contribution is 4.73. The SMILES string of the molecule is COCC(CCO)n1cn[nH]c1=O. The van der Waals surface area contributed by atoms with E-state index in [0.29, 0.717) is 13.0 Å². The lowest BCUT2D eigenvalue weighted by molar-refractivity contribution is 0.134. The molecule has 0 amide bonds. The largest absolute Gasteiger partial charge is 0.396 e. The summed E-state index contributed by atoms with van der Waals surface area (Å²) in [4.78, 5) is 11.1. The van der Waals surface area contributed by atoms with Crippen LogP contribution in [0.15, 0.2) is 11.1 Å². The molecule has 0 aliphatic carbocycles. The first-order chi connectivity index (χ1) is 6.29. The number of aliphatic hydroxyl groups excluding tert-OH is 1. The molecule has 0 saturated heterocycles. The molecule has 0 fully saturated rings. The van der Waals surface area contributed by atoms with E-state index in [2.05, 4.69) is 10.2 Å². The molecule has 2 N–H and O–H groups in total. The fourth-order valence-corrected chi connectivity index (χ4v) is 1.16. The molecular formula is C7H13N3O3.